The average molecular weight is 334 g/mol. The Kier molecular flexibility index (Phi) is 5.75. The Balaban J connectivity index is 1.91. The first kappa shape index (κ1) is 17.7. The quantitative estimate of drug-likeness (QED) is 0.286. The van der Waals surface area contributed by atoms with Gasteiger partial charge in [0.25, 0.3) is 0 Å². The highest BCUT2D eigenvalue weighted by Gasteiger charge is 2.27. The predicted octanol–water partition coefficient (Wildman–Crippen LogP) is 1.25. The molecule has 1 saturated carbocycles. The van der Waals surface area contributed by atoms with Gasteiger partial charge in [-0.15, -0.1) is 0 Å². The monoisotopic (exact) mass is 334 g/mol. The van der Waals surface area contributed by atoms with Crippen molar-refractivity contribution in [2.75, 3.05) is 12.4 Å². The maximum atomic E-state index is 11.4. The molecule has 24 heavy (non-hydrogen) atoms. The third kappa shape index (κ3) is 4.23. The average Bonchev–Trinajstić information content (AvgIpc) is 2.61. The van der Waals surface area contributed by atoms with E-state index in [0.717, 1.165) is 31.2 Å². The van der Waals surface area contributed by atoms with Crippen LogP contribution in [-0.2, 0) is 9.59 Å². The maximum Gasteiger partial charge on any atom is 0.407 e. The number of hydrazine groups is 1. The van der Waals surface area contributed by atoms with Crippen LogP contribution in [0.25, 0.3) is 0 Å². The highest BCUT2D eigenvalue weighted by atomic mass is 16.4. The number of carbonyl (C=O) groups excluding carboxylic acids is 2. The number of amides is 3. The van der Waals surface area contributed by atoms with Gasteiger partial charge in [-0.3, -0.25) is 15.0 Å². The Hall–Kier alpha value is -2.61. The highest BCUT2D eigenvalue weighted by molar-refractivity contribution is 6.39. The minimum Gasteiger partial charge on any atom is -0.465 e. The molecule has 8 nitrogen and oxygen atoms in total. The van der Waals surface area contributed by atoms with Crippen molar-refractivity contribution in [3.05, 3.63) is 29.8 Å². The smallest absolute Gasteiger partial charge is 0.407 e. The number of carboxylic acid groups (broad SMARTS) is 1. The number of nitrogens with zero attached hydrogens (tertiary/aromatic N) is 1. The third-order valence-corrected chi connectivity index (χ3v) is 4.52. The van der Waals surface area contributed by atoms with Gasteiger partial charge in [0.1, 0.15) is 0 Å². The van der Waals surface area contributed by atoms with Crippen LogP contribution in [0.3, 0.4) is 0 Å². The van der Waals surface area contributed by atoms with Crippen molar-refractivity contribution in [3.63, 3.8) is 0 Å². The lowest BCUT2D eigenvalue weighted by atomic mass is 9.81. The summed E-state index contributed by atoms with van der Waals surface area (Å²) in [5.41, 5.74) is 3.44. The predicted molar refractivity (Wildman–Crippen MR) is 88.2 cm³/mol. The van der Waals surface area contributed by atoms with E-state index in [4.69, 9.17) is 10.9 Å². The van der Waals surface area contributed by atoms with Crippen molar-refractivity contribution in [1.82, 2.24) is 10.3 Å². The number of hydrogen-bond donors (Lipinski definition) is 4. The molecule has 3 amide bonds. The molecule has 1 aromatic rings. The lowest BCUT2D eigenvalue weighted by Crippen LogP contribution is -2.39. The summed E-state index contributed by atoms with van der Waals surface area (Å²) < 4.78 is 0. The summed E-state index contributed by atoms with van der Waals surface area (Å²) in [6, 6.07) is 7.40. The molecule has 1 aromatic carbocycles. The Labute approximate surface area is 140 Å². The number of anilines is 1. The van der Waals surface area contributed by atoms with Gasteiger partial charge in [-0.2, -0.15) is 0 Å². The lowest BCUT2D eigenvalue weighted by molar-refractivity contribution is -0.136. The molecule has 0 aliphatic heterocycles. The normalized spacial score (nSPS) is 20.1. The summed E-state index contributed by atoms with van der Waals surface area (Å²) in [7, 11) is 1.61. The minimum absolute atomic E-state index is 0.0760. The summed E-state index contributed by atoms with van der Waals surface area (Å²) in [6.07, 6.45) is 2.62. The van der Waals surface area contributed by atoms with Crippen LogP contribution < -0.4 is 16.6 Å². The van der Waals surface area contributed by atoms with E-state index in [1.807, 2.05) is 12.1 Å². The van der Waals surface area contributed by atoms with E-state index >= 15 is 0 Å². The van der Waals surface area contributed by atoms with Gasteiger partial charge in [0.2, 0.25) is 0 Å². The number of hydrogen-bond acceptors (Lipinski definition) is 4. The summed E-state index contributed by atoms with van der Waals surface area (Å²) >= 11 is 0. The molecular formula is C16H22N4O4. The third-order valence-electron chi connectivity index (χ3n) is 4.52. The molecule has 0 spiro atoms. The Morgan fingerprint density at radius 2 is 1.67 bits per heavy atom. The van der Waals surface area contributed by atoms with E-state index in [1.165, 1.54) is 4.90 Å². The second-order valence-electron chi connectivity index (χ2n) is 5.95. The first-order valence-corrected chi connectivity index (χ1v) is 7.80. The number of benzene rings is 1. The van der Waals surface area contributed by atoms with E-state index in [9.17, 15) is 14.4 Å². The van der Waals surface area contributed by atoms with Crippen molar-refractivity contribution in [1.29, 1.82) is 0 Å². The molecule has 0 aromatic heterocycles. The Morgan fingerprint density at radius 1 is 1.08 bits per heavy atom. The highest BCUT2D eigenvalue weighted by Crippen LogP contribution is 2.34. The maximum absolute atomic E-state index is 11.4. The molecular weight excluding hydrogens is 312 g/mol. The van der Waals surface area contributed by atoms with E-state index in [-0.39, 0.29) is 6.04 Å². The Bertz CT molecular complexity index is 609. The second-order valence-corrected chi connectivity index (χ2v) is 5.95. The van der Waals surface area contributed by atoms with Gasteiger partial charge in [-0.05, 0) is 49.3 Å². The molecule has 0 heterocycles. The van der Waals surface area contributed by atoms with Crippen LogP contribution in [-0.4, -0.2) is 41.0 Å². The number of nitrogens with two attached hydrogens (primary N) is 1. The van der Waals surface area contributed by atoms with E-state index < -0.39 is 17.9 Å². The van der Waals surface area contributed by atoms with Crippen LogP contribution in [0, 0.1) is 0 Å². The van der Waals surface area contributed by atoms with E-state index in [0.29, 0.717) is 11.6 Å². The zero-order chi connectivity index (χ0) is 17.7. The zero-order valence-corrected chi connectivity index (χ0v) is 13.5. The van der Waals surface area contributed by atoms with Crippen molar-refractivity contribution in [3.8, 4) is 0 Å². The number of carbonyl (C=O) groups is 3. The molecule has 0 radical (unpaired) electrons. The second kappa shape index (κ2) is 7.78. The van der Waals surface area contributed by atoms with Gasteiger partial charge in [-0.1, -0.05) is 12.1 Å². The fraction of sp³-hybridized carbons (Fsp3) is 0.438. The van der Waals surface area contributed by atoms with Crippen LogP contribution in [0.1, 0.15) is 37.2 Å². The van der Waals surface area contributed by atoms with Crippen molar-refractivity contribution < 1.29 is 19.5 Å². The summed E-state index contributed by atoms with van der Waals surface area (Å²) in [5.74, 6) is 3.55. The van der Waals surface area contributed by atoms with Gasteiger partial charge < -0.3 is 15.3 Å². The fourth-order valence-corrected chi connectivity index (χ4v) is 3.04. The van der Waals surface area contributed by atoms with Crippen LogP contribution in [0.2, 0.25) is 0 Å². The van der Waals surface area contributed by atoms with Crippen molar-refractivity contribution in [2.24, 2.45) is 5.84 Å². The molecule has 0 unspecified atom stereocenters. The Morgan fingerprint density at radius 3 is 2.17 bits per heavy atom. The van der Waals surface area contributed by atoms with Crippen molar-refractivity contribution in [2.45, 2.75) is 37.6 Å². The molecule has 130 valence electrons. The summed E-state index contributed by atoms with van der Waals surface area (Å²) in [4.78, 5) is 34.9. The molecule has 0 saturated heterocycles. The van der Waals surface area contributed by atoms with E-state index in [1.54, 1.807) is 24.6 Å². The topological polar surface area (TPSA) is 125 Å². The van der Waals surface area contributed by atoms with Gasteiger partial charge in [0.05, 0.1) is 0 Å². The van der Waals surface area contributed by atoms with Gasteiger partial charge in [-0.25, -0.2) is 10.6 Å². The molecule has 5 N–H and O–H groups in total. The van der Waals surface area contributed by atoms with Crippen LogP contribution in [0.15, 0.2) is 24.3 Å². The van der Waals surface area contributed by atoms with Crippen molar-refractivity contribution >= 4 is 23.6 Å². The lowest BCUT2D eigenvalue weighted by Gasteiger charge is -2.33. The SMILES string of the molecule is CN(C(=O)O)C1CCC(c2ccc(NC(=O)C(=O)NN)cc2)CC1. The van der Waals surface area contributed by atoms with Crippen LogP contribution in [0.4, 0.5) is 10.5 Å². The summed E-state index contributed by atoms with van der Waals surface area (Å²) in [5, 5.41) is 11.5. The first-order chi connectivity index (χ1) is 11.4. The standard InChI is InChI=1S/C16H22N4O4/c1-20(16(23)24)13-8-4-11(5-9-13)10-2-6-12(7-3-10)18-14(21)15(22)19-17/h2-3,6-7,11,13H,4-5,8-9,17H2,1H3,(H,18,21)(H,19,22)(H,23,24). The van der Waals surface area contributed by atoms with Gasteiger partial charge in [0, 0.05) is 18.8 Å². The molecule has 0 bridgehead atoms. The zero-order valence-electron chi connectivity index (χ0n) is 13.5. The van der Waals surface area contributed by atoms with Gasteiger partial charge >= 0.3 is 17.9 Å². The first-order valence-electron chi connectivity index (χ1n) is 7.80. The number of nitrogens with one attached hydrogen (secondary N) is 2. The van der Waals surface area contributed by atoms with Crippen LogP contribution >= 0.6 is 0 Å². The fourth-order valence-electron chi connectivity index (χ4n) is 3.04. The largest absolute Gasteiger partial charge is 0.465 e. The van der Waals surface area contributed by atoms with Gasteiger partial charge in [0.15, 0.2) is 0 Å². The van der Waals surface area contributed by atoms with Crippen LogP contribution in [0.5, 0.6) is 0 Å². The molecule has 0 atom stereocenters. The molecule has 8 heteroatoms. The minimum atomic E-state index is -0.903. The van der Waals surface area contributed by atoms with E-state index in [2.05, 4.69) is 5.32 Å². The molecule has 1 aliphatic rings. The molecule has 2 rings (SSSR count). The number of rotatable bonds is 3. The molecule has 1 fully saturated rings. The summed E-state index contributed by atoms with van der Waals surface area (Å²) in [6.45, 7) is 0. The molecule has 1 aliphatic carbocycles.